The maximum absolute atomic E-state index is 13.8. The Morgan fingerprint density at radius 3 is 2.89 bits per heavy atom. The molecule has 5 heteroatoms. The number of hydrogen-bond acceptors (Lipinski definition) is 1. The molecule has 2 aromatic rings. The smallest absolute Gasteiger partial charge is 0.268 e. The fourth-order valence-corrected chi connectivity index (χ4v) is 3.09. The van der Waals surface area contributed by atoms with Crippen LogP contribution < -0.4 is 5.32 Å². The molecule has 1 aromatic carbocycles. The first-order valence-electron chi connectivity index (χ1n) is 6.10. The summed E-state index contributed by atoms with van der Waals surface area (Å²) in [7, 11) is 0. The van der Waals surface area contributed by atoms with Crippen LogP contribution in [0.1, 0.15) is 28.9 Å². The van der Waals surface area contributed by atoms with Crippen molar-refractivity contribution in [3.63, 3.8) is 0 Å². The highest BCUT2D eigenvalue weighted by Gasteiger charge is 2.49. The summed E-state index contributed by atoms with van der Waals surface area (Å²) in [5, 5.41) is 3.03. The van der Waals surface area contributed by atoms with Crippen LogP contribution in [0.15, 0.2) is 34.9 Å². The highest BCUT2D eigenvalue weighted by atomic mass is 79.9. The van der Waals surface area contributed by atoms with Gasteiger partial charge in [0.2, 0.25) is 0 Å². The molecule has 0 atom stereocenters. The predicted molar refractivity (Wildman–Crippen MR) is 71.8 cm³/mol. The van der Waals surface area contributed by atoms with E-state index in [1.54, 1.807) is 12.1 Å². The first-order chi connectivity index (χ1) is 9.11. The van der Waals surface area contributed by atoms with E-state index in [4.69, 9.17) is 0 Å². The highest BCUT2D eigenvalue weighted by molar-refractivity contribution is 9.10. The molecule has 1 aliphatic heterocycles. The van der Waals surface area contributed by atoms with Gasteiger partial charge in [0.15, 0.2) is 0 Å². The summed E-state index contributed by atoms with van der Waals surface area (Å²) in [5.41, 5.74) is 1.93. The van der Waals surface area contributed by atoms with Crippen LogP contribution >= 0.6 is 15.9 Å². The van der Waals surface area contributed by atoms with Crippen molar-refractivity contribution in [2.45, 2.75) is 18.4 Å². The molecule has 0 saturated heterocycles. The van der Waals surface area contributed by atoms with Gasteiger partial charge >= 0.3 is 0 Å². The largest absolute Gasteiger partial charge is 0.341 e. The number of nitrogens with zero attached hydrogens (tertiary/aromatic N) is 1. The molecule has 96 valence electrons. The lowest BCUT2D eigenvalue weighted by atomic mass is 10.0. The number of fused-ring (bicyclic) bond motifs is 4. The second-order valence-corrected chi connectivity index (χ2v) is 5.94. The molecular formula is C14H10BrFN2O. The molecule has 0 unspecified atom stereocenters. The highest BCUT2D eigenvalue weighted by Crippen LogP contribution is 2.50. The molecule has 1 aliphatic carbocycles. The monoisotopic (exact) mass is 320 g/mol. The fourth-order valence-electron chi connectivity index (χ4n) is 2.76. The van der Waals surface area contributed by atoms with E-state index < -0.39 is 0 Å². The topological polar surface area (TPSA) is 34.0 Å². The van der Waals surface area contributed by atoms with Crippen LogP contribution in [0, 0.1) is 5.82 Å². The molecule has 1 spiro atoms. The van der Waals surface area contributed by atoms with Crippen molar-refractivity contribution in [1.82, 2.24) is 9.88 Å². The number of amides is 1. The Bertz CT molecular complexity index is 718. The second kappa shape index (κ2) is 3.48. The maximum atomic E-state index is 13.8. The van der Waals surface area contributed by atoms with Crippen LogP contribution in [-0.2, 0) is 5.54 Å². The van der Waals surface area contributed by atoms with E-state index >= 15 is 0 Å². The molecule has 19 heavy (non-hydrogen) atoms. The number of rotatable bonds is 0. The molecular weight excluding hydrogens is 311 g/mol. The van der Waals surface area contributed by atoms with Crippen LogP contribution in [0.25, 0.3) is 5.69 Å². The third-order valence-electron chi connectivity index (χ3n) is 3.90. The molecule has 4 rings (SSSR count). The molecule has 0 radical (unpaired) electrons. The van der Waals surface area contributed by atoms with Crippen molar-refractivity contribution in [2.24, 2.45) is 0 Å². The predicted octanol–water partition coefficient (Wildman–Crippen LogP) is 3.11. The van der Waals surface area contributed by atoms with E-state index in [0.717, 1.165) is 24.1 Å². The van der Waals surface area contributed by atoms with Gasteiger partial charge in [-0.3, -0.25) is 4.79 Å². The summed E-state index contributed by atoms with van der Waals surface area (Å²) in [6.45, 7) is 0. The minimum Gasteiger partial charge on any atom is -0.341 e. The maximum Gasteiger partial charge on any atom is 0.268 e. The van der Waals surface area contributed by atoms with E-state index in [9.17, 15) is 9.18 Å². The van der Waals surface area contributed by atoms with Gasteiger partial charge in [0.1, 0.15) is 11.5 Å². The summed E-state index contributed by atoms with van der Waals surface area (Å²) in [4.78, 5) is 12.2. The summed E-state index contributed by atoms with van der Waals surface area (Å²) in [6.07, 6.45) is 3.55. The first-order valence-corrected chi connectivity index (χ1v) is 6.90. The molecule has 1 amide bonds. The average molecular weight is 321 g/mol. The zero-order valence-electron chi connectivity index (χ0n) is 9.91. The number of halogens is 2. The van der Waals surface area contributed by atoms with Gasteiger partial charge in [-0.1, -0.05) is 0 Å². The fraction of sp³-hybridized carbons (Fsp3) is 0.214. The van der Waals surface area contributed by atoms with Crippen molar-refractivity contribution in [3.05, 3.63) is 52.0 Å². The summed E-state index contributed by atoms with van der Waals surface area (Å²) >= 11 is 3.22. The summed E-state index contributed by atoms with van der Waals surface area (Å²) in [6, 6.07) is 6.87. The van der Waals surface area contributed by atoms with Gasteiger partial charge in [-0.05, 0) is 53.0 Å². The Hall–Kier alpha value is -1.62. The summed E-state index contributed by atoms with van der Waals surface area (Å²) < 4.78 is 16.1. The van der Waals surface area contributed by atoms with Crippen LogP contribution in [-0.4, -0.2) is 10.5 Å². The molecule has 1 saturated carbocycles. The third kappa shape index (κ3) is 1.45. The zero-order chi connectivity index (χ0) is 13.2. The van der Waals surface area contributed by atoms with Gasteiger partial charge in [0.05, 0.1) is 15.7 Å². The van der Waals surface area contributed by atoms with Gasteiger partial charge in [-0.15, -0.1) is 0 Å². The quantitative estimate of drug-likeness (QED) is 0.795. The number of benzene rings is 1. The van der Waals surface area contributed by atoms with E-state index in [0.29, 0.717) is 10.2 Å². The van der Waals surface area contributed by atoms with Crippen molar-refractivity contribution < 1.29 is 9.18 Å². The van der Waals surface area contributed by atoms with Gasteiger partial charge in [-0.2, -0.15) is 0 Å². The Kier molecular flexibility index (Phi) is 2.05. The van der Waals surface area contributed by atoms with E-state index in [-0.39, 0.29) is 17.3 Å². The summed E-state index contributed by atoms with van der Waals surface area (Å²) in [5.74, 6) is -0.398. The number of hydrogen-bond donors (Lipinski definition) is 1. The first kappa shape index (κ1) is 11.2. The van der Waals surface area contributed by atoms with Gasteiger partial charge < -0.3 is 9.88 Å². The van der Waals surface area contributed by atoms with Crippen LogP contribution in [0.3, 0.4) is 0 Å². The normalized spacial score (nSPS) is 18.5. The van der Waals surface area contributed by atoms with E-state index in [1.807, 2.05) is 16.8 Å². The second-order valence-electron chi connectivity index (χ2n) is 5.08. The Balaban J connectivity index is 2.08. The number of carbonyl (C=O) groups excluding carboxylic acids is 1. The lowest BCUT2D eigenvalue weighted by Gasteiger charge is -2.18. The average Bonchev–Trinajstić information content (AvgIpc) is 3.00. The Morgan fingerprint density at radius 2 is 2.16 bits per heavy atom. The molecule has 3 nitrogen and oxygen atoms in total. The third-order valence-corrected chi connectivity index (χ3v) is 4.51. The van der Waals surface area contributed by atoms with Crippen LogP contribution in [0.5, 0.6) is 0 Å². The van der Waals surface area contributed by atoms with Crippen molar-refractivity contribution >= 4 is 21.8 Å². The van der Waals surface area contributed by atoms with Crippen LogP contribution in [0.4, 0.5) is 4.39 Å². The van der Waals surface area contributed by atoms with Crippen molar-refractivity contribution in [3.8, 4) is 5.69 Å². The molecule has 2 aliphatic rings. The molecule has 1 fully saturated rings. The van der Waals surface area contributed by atoms with E-state index in [1.165, 1.54) is 6.07 Å². The van der Waals surface area contributed by atoms with Gasteiger partial charge in [0.25, 0.3) is 5.91 Å². The Labute approximate surface area is 117 Å². The van der Waals surface area contributed by atoms with Crippen molar-refractivity contribution in [2.75, 3.05) is 0 Å². The number of aromatic nitrogens is 1. The van der Waals surface area contributed by atoms with Gasteiger partial charge in [-0.25, -0.2) is 4.39 Å². The zero-order valence-corrected chi connectivity index (χ0v) is 11.5. The SMILES string of the molecule is O=C1NC2(CC2)c2cc(F)c(Br)cc2-n2cccc21. The standard InChI is InChI=1S/C14H10BrFN2O/c15-9-7-12-8(6-10(9)16)14(3-4-14)17-13(19)11-2-1-5-18(11)12/h1-2,5-7H,3-4H2,(H,17,19). The van der Waals surface area contributed by atoms with Crippen LogP contribution in [0.2, 0.25) is 0 Å². The molecule has 2 heterocycles. The van der Waals surface area contributed by atoms with Crippen molar-refractivity contribution in [1.29, 1.82) is 0 Å². The van der Waals surface area contributed by atoms with Gasteiger partial charge in [0, 0.05) is 11.8 Å². The minimum absolute atomic E-state index is 0.102. The molecule has 0 bridgehead atoms. The lowest BCUT2D eigenvalue weighted by Crippen LogP contribution is -2.33. The number of nitrogens with one attached hydrogen (secondary N) is 1. The lowest BCUT2D eigenvalue weighted by molar-refractivity contribution is 0.0927. The molecule has 1 N–H and O–H groups in total. The Morgan fingerprint density at radius 1 is 1.37 bits per heavy atom. The van der Waals surface area contributed by atoms with E-state index in [2.05, 4.69) is 21.2 Å². The minimum atomic E-state index is -0.382. The number of carbonyl (C=O) groups is 1. The molecule has 1 aromatic heterocycles.